The van der Waals surface area contributed by atoms with Crippen LogP contribution in [-0.4, -0.2) is 23.4 Å². The molecule has 1 N–H and O–H groups in total. The zero-order chi connectivity index (χ0) is 17.7. The average molecular weight is 461 g/mol. The molecular weight excluding hydrogens is 451 g/mol. The molecule has 0 aromatic heterocycles. The molecule has 1 amide bonds. The zero-order valence-corrected chi connectivity index (χ0v) is 14.9. The van der Waals surface area contributed by atoms with Crippen LogP contribution in [0.2, 0.25) is 5.02 Å². The SMILES string of the molecule is O=C(COC(=O)c1cc([N+](=O)[O-])ccc1Cl)Nc1ccccc1I. The lowest BCUT2D eigenvalue weighted by atomic mass is 10.2. The summed E-state index contributed by atoms with van der Waals surface area (Å²) in [5.74, 6) is -1.45. The van der Waals surface area contributed by atoms with Gasteiger partial charge in [-0.05, 0) is 40.8 Å². The number of non-ortho nitro benzene ring substituents is 1. The number of amides is 1. The molecule has 2 rings (SSSR count). The van der Waals surface area contributed by atoms with Crippen molar-refractivity contribution in [1.29, 1.82) is 0 Å². The molecule has 0 radical (unpaired) electrons. The molecule has 0 saturated carbocycles. The molecule has 0 aliphatic heterocycles. The number of anilines is 1. The van der Waals surface area contributed by atoms with E-state index in [1.54, 1.807) is 12.1 Å². The highest BCUT2D eigenvalue weighted by Crippen LogP contribution is 2.23. The van der Waals surface area contributed by atoms with Crippen molar-refractivity contribution < 1.29 is 19.2 Å². The minimum atomic E-state index is -0.915. The van der Waals surface area contributed by atoms with Crippen LogP contribution in [-0.2, 0) is 9.53 Å². The number of halogens is 2. The second-order valence-corrected chi connectivity index (χ2v) is 6.09. The van der Waals surface area contributed by atoms with Crippen molar-refractivity contribution in [2.45, 2.75) is 0 Å². The molecule has 0 aliphatic carbocycles. The van der Waals surface area contributed by atoms with Crippen LogP contribution in [0.3, 0.4) is 0 Å². The Labute approximate surface area is 155 Å². The van der Waals surface area contributed by atoms with Crippen molar-refractivity contribution in [1.82, 2.24) is 0 Å². The number of para-hydroxylation sites is 1. The monoisotopic (exact) mass is 460 g/mol. The summed E-state index contributed by atoms with van der Waals surface area (Å²) in [6, 6.07) is 10.5. The Balaban J connectivity index is 2.00. The summed E-state index contributed by atoms with van der Waals surface area (Å²) in [5.41, 5.74) is 0.120. The van der Waals surface area contributed by atoms with E-state index in [1.165, 1.54) is 12.1 Å². The number of rotatable bonds is 5. The highest BCUT2D eigenvalue weighted by Gasteiger charge is 2.18. The Morgan fingerprint density at radius 2 is 1.96 bits per heavy atom. The number of ether oxygens (including phenoxy) is 1. The highest BCUT2D eigenvalue weighted by atomic mass is 127. The first-order valence-corrected chi connectivity index (χ1v) is 7.99. The van der Waals surface area contributed by atoms with Crippen molar-refractivity contribution in [3.63, 3.8) is 0 Å². The number of carbonyl (C=O) groups excluding carboxylic acids is 2. The van der Waals surface area contributed by atoms with Gasteiger partial charge in [0.25, 0.3) is 11.6 Å². The lowest BCUT2D eigenvalue weighted by Crippen LogP contribution is -2.21. The Hall–Kier alpha value is -2.20. The molecule has 2 aromatic rings. The van der Waals surface area contributed by atoms with Crippen molar-refractivity contribution in [2.24, 2.45) is 0 Å². The van der Waals surface area contributed by atoms with Crippen molar-refractivity contribution >= 4 is 57.4 Å². The minimum absolute atomic E-state index is 0.00335. The van der Waals surface area contributed by atoms with Crippen LogP contribution in [0.25, 0.3) is 0 Å². The molecule has 7 nitrogen and oxygen atoms in total. The Kier molecular flexibility index (Phi) is 6.10. The fourth-order valence-electron chi connectivity index (χ4n) is 1.74. The Morgan fingerprint density at radius 3 is 2.62 bits per heavy atom. The summed E-state index contributed by atoms with van der Waals surface area (Å²) in [6.45, 7) is -0.539. The predicted octanol–water partition coefficient (Wildman–Crippen LogP) is 3.65. The van der Waals surface area contributed by atoms with Crippen LogP contribution in [0.5, 0.6) is 0 Å². The zero-order valence-electron chi connectivity index (χ0n) is 12.0. The minimum Gasteiger partial charge on any atom is -0.452 e. The number of nitrogens with zero attached hydrogens (tertiary/aromatic N) is 1. The van der Waals surface area contributed by atoms with Gasteiger partial charge in [0.15, 0.2) is 6.61 Å². The first-order valence-electron chi connectivity index (χ1n) is 6.54. The van der Waals surface area contributed by atoms with Crippen LogP contribution < -0.4 is 5.32 Å². The van der Waals surface area contributed by atoms with E-state index in [4.69, 9.17) is 16.3 Å². The maximum absolute atomic E-state index is 12.0. The normalized spacial score (nSPS) is 10.1. The maximum atomic E-state index is 12.0. The summed E-state index contributed by atoms with van der Waals surface area (Å²) >= 11 is 7.89. The molecule has 9 heteroatoms. The van der Waals surface area contributed by atoms with E-state index < -0.39 is 23.4 Å². The van der Waals surface area contributed by atoms with Crippen LogP contribution in [0, 0.1) is 13.7 Å². The third kappa shape index (κ3) is 4.65. The van der Waals surface area contributed by atoms with E-state index in [0.29, 0.717) is 5.69 Å². The molecular formula is C15H10ClIN2O5. The van der Waals surface area contributed by atoms with Crippen molar-refractivity contribution in [3.8, 4) is 0 Å². The van der Waals surface area contributed by atoms with Crippen LogP contribution in [0.15, 0.2) is 42.5 Å². The quantitative estimate of drug-likeness (QED) is 0.318. The lowest BCUT2D eigenvalue weighted by Gasteiger charge is -2.08. The van der Waals surface area contributed by atoms with E-state index in [9.17, 15) is 19.7 Å². The number of nitro benzene ring substituents is 1. The van der Waals surface area contributed by atoms with Crippen molar-refractivity contribution in [2.75, 3.05) is 11.9 Å². The summed E-state index contributed by atoms with van der Waals surface area (Å²) < 4.78 is 5.69. The van der Waals surface area contributed by atoms with E-state index in [1.807, 2.05) is 12.1 Å². The van der Waals surface area contributed by atoms with E-state index in [-0.39, 0.29) is 16.3 Å². The van der Waals surface area contributed by atoms with E-state index in [2.05, 4.69) is 27.9 Å². The van der Waals surface area contributed by atoms with Gasteiger partial charge in [0.2, 0.25) is 0 Å². The van der Waals surface area contributed by atoms with Gasteiger partial charge in [0.1, 0.15) is 0 Å². The fraction of sp³-hybridized carbons (Fsp3) is 0.0667. The van der Waals surface area contributed by atoms with Gasteiger partial charge in [0, 0.05) is 15.7 Å². The van der Waals surface area contributed by atoms with Crippen molar-refractivity contribution in [3.05, 3.63) is 66.7 Å². The second kappa shape index (κ2) is 8.06. The number of hydrogen-bond acceptors (Lipinski definition) is 5. The molecule has 124 valence electrons. The molecule has 0 bridgehead atoms. The van der Waals surface area contributed by atoms with Gasteiger partial charge in [-0.25, -0.2) is 4.79 Å². The van der Waals surface area contributed by atoms with E-state index >= 15 is 0 Å². The largest absolute Gasteiger partial charge is 0.452 e. The number of nitrogens with one attached hydrogen (secondary N) is 1. The smallest absolute Gasteiger partial charge is 0.340 e. The number of carbonyl (C=O) groups is 2. The Morgan fingerprint density at radius 1 is 1.25 bits per heavy atom. The summed E-state index contributed by atoms with van der Waals surface area (Å²) in [6.07, 6.45) is 0. The number of esters is 1. The third-order valence-electron chi connectivity index (χ3n) is 2.86. The molecule has 0 unspecified atom stereocenters. The summed E-state index contributed by atoms with van der Waals surface area (Å²) in [5, 5.41) is 13.3. The predicted molar refractivity (Wildman–Crippen MR) is 96.2 cm³/mol. The number of hydrogen-bond donors (Lipinski definition) is 1. The number of benzene rings is 2. The first-order chi connectivity index (χ1) is 11.4. The summed E-state index contributed by atoms with van der Waals surface area (Å²) in [7, 11) is 0. The lowest BCUT2D eigenvalue weighted by molar-refractivity contribution is -0.384. The van der Waals surface area contributed by atoms with Gasteiger partial charge < -0.3 is 10.1 Å². The standard InChI is InChI=1S/C15H10ClIN2O5/c16-11-6-5-9(19(22)23)7-10(11)15(21)24-8-14(20)18-13-4-2-1-3-12(13)17/h1-7H,8H2,(H,18,20). The fourth-order valence-corrected chi connectivity index (χ4v) is 2.46. The molecule has 0 heterocycles. The Bertz CT molecular complexity index is 812. The van der Waals surface area contributed by atoms with Gasteiger partial charge in [-0.1, -0.05) is 23.7 Å². The number of nitro groups is 1. The molecule has 0 saturated heterocycles. The molecule has 0 spiro atoms. The maximum Gasteiger partial charge on any atom is 0.340 e. The van der Waals surface area contributed by atoms with Gasteiger partial charge in [0.05, 0.1) is 21.2 Å². The highest BCUT2D eigenvalue weighted by molar-refractivity contribution is 14.1. The molecule has 0 fully saturated rings. The first kappa shape index (κ1) is 18.1. The van der Waals surface area contributed by atoms with E-state index in [0.717, 1.165) is 9.64 Å². The summed E-state index contributed by atoms with van der Waals surface area (Å²) in [4.78, 5) is 33.9. The topological polar surface area (TPSA) is 98.5 Å². The van der Waals surface area contributed by atoms with Crippen LogP contribution >= 0.6 is 34.2 Å². The van der Waals surface area contributed by atoms with Crippen LogP contribution in [0.1, 0.15) is 10.4 Å². The molecule has 0 aliphatic rings. The molecule has 0 atom stereocenters. The second-order valence-electron chi connectivity index (χ2n) is 4.53. The van der Waals surface area contributed by atoms with Gasteiger partial charge in [-0.2, -0.15) is 0 Å². The average Bonchev–Trinajstić information content (AvgIpc) is 2.55. The molecule has 24 heavy (non-hydrogen) atoms. The van der Waals surface area contributed by atoms with Crippen LogP contribution in [0.4, 0.5) is 11.4 Å². The van der Waals surface area contributed by atoms with Gasteiger partial charge in [-0.15, -0.1) is 0 Å². The third-order valence-corrected chi connectivity index (χ3v) is 4.13. The van der Waals surface area contributed by atoms with Gasteiger partial charge >= 0.3 is 5.97 Å². The van der Waals surface area contributed by atoms with Gasteiger partial charge in [-0.3, -0.25) is 14.9 Å². The molecule has 2 aromatic carbocycles.